The van der Waals surface area contributed by atoms with Crippen LogP contribution >= 0.6 is 0 Å². The molecular weight excluding hydrogens is 256 g/mol. The Labute approximate surface area is 118 Å². The first-order chi connectivity index (χ1) is 9.33. The summed E-state index contributed by atoms with van der Waals surface area (Å²) in [5, 5.41) is 2.59. The highest BCUT2D eigenvalue weighted by atomic mass is 16.6. The van der Waals surface area contributed by atoms with Gasteiger partial charge in [-0.2, -0.15) is 0 Å². The van der Waals surface area contributed by atoms with Crippen molar-refractivity contribution in [1.29, 1.82) is 0 Å². The molecule has 1 aromatic rings. The fourth-order valence-electron chi connectivity index (χ4n) is 1.89. The highest BCUT2D eigenvalue weighted by molar-refractivity contribution is 6.01. The van der Waals surface area contributed by atoms with Gasteiger partial charge in [-0.25, -0.2) is 9.78 Å². The van der Waals surface area contributed by atoms with E-state index in [0.717, 1.165) is 5.57 Å². The van der Waals surface area contributed by atoms with E-state index in [1.54, 1.807) is 39.0 Å². The van der Waals surface area contributed by atoms with Crippen LogP contribution in [0.25, 0.3) is 5.57 Å². The van der Waals surface area contributed by atoms with Gasteiger partial charge in [-0.3, -0.25) is 10.1 Å². The number of anilines is 1. The Kier molecular flexibility index (Phi) is 3.88. The number of allylic oxidation sites excluding steroid dienone is 2. The highest BCUT2D eigenvalue weighted by Crippen LogP contribution is 2.25. The predicted molar refractivity (Wildman–Crippen MR) is 76.3 cm³/mol. The molecule has 1 aliphatic rings. The predicted octanol–water partition coefficient (Wildman–Crippen LogP) is 3.17. The second-order valence-electron chi connectivity index (χ2n) is 5.67. The molecule has 1 aliphatic carbocycles. The smallest absolute Gasteiger partial charge is 0.413 e. The monoisotopic (exact) mass is 274 g/mol. The van der Waals surface area contributed by atoms with Gasteiger partial charge in [-0.1, -0.05) is 6.07 Å². The summed E-state index contributed by atoms with van der Waals surface area (Å²) >= 11 is 0. The van der Waals surface area contributed by atoms with Crippen molar-refractivity contribution in [2.45, 2.75) is 39.2 Å². The van der Waals surface area contributed by atoms with E-state index in [1.807, 2.05) is 6.07 Å². The van der Waals surface area contributed by atoms with Crippen LogP contribution in [0.1, 0.15) is 39.3 Å². The molecule has 5 nitrogen and oxygen atoms in total. The van der Waals surface area contributed by atoms with E-state index in [4.69, 9.17) is 4.74 Å². The molecule has 0 radical (unpaired) electrons. The summed E-state index contributed by atoms with van der Waals surface area (Å²) in [5.41, 5.74) is 1.06. The van der Waals surface area contributed by atoms with Crippen molar-refractivity contribution in [3.8, 4) is 0 Å². The topological polar surface area (TPSA) is 68.3 Å². The maximum Gasteiger partial charge on any atom is 0.413 e. The van der Waals surface area contributed by atoms with E-state index in [2.05, 4.69) is 10.3 Å². The Morgan fingerprint density at radius 3 is 2.65 bits per heavy atom. The van der Waals surface area contributed by atoms with Crippen molar-refractivity contribution in [3.63, 3.8) is 0 Å². The van der Waals surface area contributed by atoms with Crippen molar-refractivity contribution >= 4 is 23.3 Å². The largest absolute Gasteiger partial charge is 0.444 e. The van der Waals surface area contributed by atoms with Gasteiger partial charge >= 0.3 is 6.09 Å². The Hall–Kier alpha value is -2.17. The van der Waals surface area contributed by atoms with E-state index in [-0.39, 0.29) is 5.78 Å². The molecular formula is C15H18N2O3. The molecule has 106 valence electrons. The van der Waals surface area contributed by atoms with Gasteiger partial charge in [0.2, 0.25) is 0 Å². The van der Waals surface area contributed by atoms with E-state index in [0.29, 0.717) is 24.4 Å². The number of aromatic nitrogens is 1. The quantitative estimate of drug-likeness (QED) is 0.899. The summed E-state index contributed by atoms with van der Waals surface area (Å²) in [6.07, 6.45) is 2.29. The number of hydrogen-bond donors (Lipinski definition) is 1. The summed E-state index contributed by atoms with van der Waals surface area (Å²) < 4.78 is 5.17. The summed E-state index contributed by atoms with van der Waals surface area (Å²) in [7, 11) is 0. The van der Waals surface area contributed by atoms with Crippen LogP contribution in [0.2, 0.25) is 0 Å². The minimum atomic E-state index is -0.553. The maximum atomic E-state index is 11.7. The Morgan fingerprint density at radius 1 is 1.30 bits per heavy atom. The molecule has 0 unspecified atom stereocenters. The molecule has 0 fully saturated rings. The average molecular weight is 274 g/mol. The van der Waals surface area contributed by atoms with Crippen LogP contribution in [0.4, 0.5) is 10.6 Å². The van der Waals surface area contributed by atoms with Crippen LogP contribution in [-0.4, -0.2) is 22.5 Å². The zero-order valence-electron chi connectivity index (χ0n) is 11.9. The van der Waals surface area contributed by atoms with E-state index < -0.39 is 11.7 Å². The number of carbonyl (C=O) groups is 2. The summed E-state index contributed by atoms with van der Waals surface area (Å²) in [5.74, 6) is 0.532. The molecule has 0 saturated heterocycles. The van der Waals surface area contributed by atoms with Gasteiger partial charge in [0.25, 0.3) is 0 Å². The molecule has 5 heteroatoms. The van der Waals surface area contributed by atoms with Crippen molar-refractivity contribution in [2.75, 3.05) is 5.32 Å². The van der Waals surface area contributed by atoms with Gasteiger partial charge in [-0.15, -0.1) is 0 Å². The molecule has 0 bridgehead atoms. The molecule has 0 aromatic carbocycles. The number of hydrogen-bond acceptors (Lipinski definition) is 4. The van der Waals surface area contributed by atoms with Crippen LogP contribution in [0.5, 0.6) is 0 Å². The molecule has 0 atom stereocenters. The van der Waals surface area contributed by atoms with Crippen molar-refractivity contribution in [1.82, 2.24) is 4.98 Å². The first kappa shape index (κ1) is 14.2. The molecule has 0 spiro atoms. The summed E-state index contributed by atoms with van der Waals surface area (Å²) in [6.45, 7) is 5.39. The van der Waals surface area contributed by atoms with Crippen molar-refractivity contribution in [2.24, 2.45) is 0 Å². The van der Waals surface area contributed by atoms with Gasteiger partial charge in [0.05, 0.1) is 5.69 Å². The second-order valence-corrected chi connectivity index (χ2v) is 5.67. The number of rotatable bonds is 2. The van der Waals surface area contributed by atoms with E-state index in [1.165, 1.54) is 0 Å². The van der Waals surface area contributed by atoms with E-state index >= 15 is 0 Å². The number of ketones is 1. The summed E-state index contributed by atoms with van der Waals surface area (Å²) in [6, 6.07) is 5.30. The second kappa shape index (κ2) is 5.45. The first-order valence-electron chi connectivity index (χ1n) is 6.54. The zero-order valence-corrected chi connectivity index (χ0v) is 11.9. The number of ether oxygens (including phenoxy) is 1. The lowest BCUT2D eigenvalue weighted by molar-refractivity contribution is -0.114. The molecule has 1 aromatic heterocycles. The van der Waals surface area contributed by atoms with Crippen LogP contribution in [0, 0.1) is 0 Å². The number of carbonyl (C=O) groups excluding carboxylic acids is 2. The standard InChI is InChI=1S/C15H18N2O3/c1-15(2,3)20-14(19)17-13-6-4-5-12(16-13)10-7-8-11(18)9-10/h4-6,9H,7-8H2,1-3H3,(H,16,17,19). The van der Waals surface area contributed by atoms with E-state index in [9.17, 15) is 9.59 Å². The SMILES string of the molecule is CC(C)(C)OC(=O)Nc1cccc(C2=CC(=O)CC2)n1. The van der Waals surface area contributed by atoms with Crippen LogP contribution in [-0.2, 0) is 9.53 Å². The number of pyridine rings is 1. The first-order valence-corrected chi connectivity index (χ1v) is 6.54. The van der Waals surface area contributed by atoms with Gasteiger partial charge in [0, 0.05) is 6.42 Å². The van der Waals surface area contributed by atoms with Gasteiger partial charge in [0.15, 0.2) is 5.78 Å². The number of nitrogens with one attached hydrogen (secondary N) is 1. The van der Waals surface area contributed by atoms with Crippen LogP contribution in [0.15, 0.2) is 24.3 Å². The fourth-order valence-corrected chi connectivity index (χ4v) is 1.89. The molecule has 0 saturated carbocycles. The maximum absolute atomic E-state index is 11.7. The van der Waals surface area contributed by atoms with Crippen LogP contribution < -0.4 is 5.32 Å². The minimum Gasteiger partial charge on any atom is -0.444 e. The molecule has 1 amide bonds. The third kappa shape index (κ3) is 3.91. The third-order valence-electron chi connectivity index (χ3n) is 2.68. The number of nitrogens with zero attached hydrogens (tertiary/aromatic N) is 1. The van der Waals surface area contributed by atoms with Crippen LogP contribution in [0.3, 0.4) is 0 Å². The Balaban J connectivity index is 2.09. The lowest BCUT2D eigenvalue weighted by Gasteiger charge is -2.19. The van der Waals surface area contributed by atoms with Gasteiger partial charge < -0.3 is 4.74 Å². The Bertz CT molecular complexity index is 571. The zero-order chi connectivity index (χ0) is 14.8. The molecule has 1 N–H and O–H groups in total. The summed E-state index contributed by atoms with van der Waals surface area (Å²) in [4.78, 5) is 27.2. The lowest BCUT2D eigenvalue weighted by atomic mass is 10.1. The minimum absolute atomic E-state index is 0.118. The average Bonchev–Trinajstić information content (AvgIpc) is 2.73. The molecule has 2 rings (SSSR count). The number of amides is 1. The van der Waals surface area contributed by atoms with Gasteiger partial charge in [-0.05, 0) is 51.0 Å². The highest BCUT2D eigenvalue weighted by Gasteiger charge is 2.18. The lowest BCUT2D eigenvalue weighted by Crippen LogP contribution is -2.27. The molecule has 20 heavy (non-hydrogen) atoms. The Morgan fingerprint density at radius 2 is 2.05 bits per heavy atom. The van der Waals surface area contributed by atoms with Crippen molar-refractivity contribution < 1.29 is 14.3 Å². The third-order valence-corrected chi connectivity index (χ3v) is 2.68. The normalized spacial score (nSPS) is 14.9. The fraction of sp³-hybridized carbons (Fsp3) is 0.400. The molecule has 1 heterocycles. The molecule has 0 aliphatic heterocycles. The van der Waals surface area contributed by atoms with Crippen molar-refractivity contribution in [3.05, 3.63) is 30.0 Å². The van der Waals surface area contributed by atoms with Gasteiger partial charge in [0.1, 0.15) is 11.4 Å².